The molecule has 5 atom stereocenters. The normalized spacial score (nSPS) is 28.8. The van der Waals surface area contributed by atoms with Gasteiger partial charge in [0, 0.05) is 42.5 Å². The van der Waals surface area contributed by atoms with E-state index in [-0.39, 0.29) is 81.9 Å². The lowest BCUT2D eigenvalue weighted by molar-refractivity contribution is 0.107. The number of alkyl halides is 1. The first kappa shape index (κ1) is 27.3. The number of piperazine rings is 1. The van der Waals surface area contributed by atoms with Gasteiger partial charge in [-0.1, -0.05) is 6.07 Å². The monoisotopic (exact) mass is 622 g/mol. The van der Waals surface area contributed by atoms with Crippen molar-refractivity contribution in [2.45, 2.75) is 61.9 Å². The first-order chi connectivity index (χ1) is 21.8. The fourth-order valence-electron chi connectivity index (χ4n) is 8.38. The first-order valence-corrected chi connectivity index (χ1v) is 15.5. The Labute approximate surface area is 255 Å². The molecule has 0 unspecified atom stereocenters. The smallest absolute Gasteiger partial charge is 0.319 e. The number of aromatic hydroxyl groups is 1. The van der Waals surface area contributed by atoms with Crippen LogP contribution in [0.25, 0.3) is 32.9 Å². The lowest BCUT2D eigenvalue weighted by atomic mass is 9.95. The number of anilines is 1. The molecule has 4 saturated heterocycles. The summed E-state index contributed by atoms with van der Waals surface area (Å²) in [6, 6.07) is 4.83. The maximum absolute atomic E-state index is 16.8. The molecule has 2 bridgehead atoms. The average Bonchev–Trinajstić information content (AvgIpc) is 3.65. The number of rotatable bonds is 4. The van der Waals surface area contributed by atoms with Crippen LogP contribution in [0.1, 0.15) is 32.1 Å². The molecule has 45 heavy (non-hydrogen) atoms. The fraction of sp³-hybridized carbons (Fsp3) is 0.469. The largest absolute Gasteiger partial charge is 0.508 e. The van der Waals surface area contributed by atoms with Gasteiger partial charge in [-0.15, -0.1) is 0 Å². The maximum Gasteiger partial charge on any atom is 0.319 e. The van der Waals surface area contributed by atoms with E-state index in [4.69, 9.17) is 14.5 Å². The van der Waals surface area contributed by atoms with Crippen molar-refractivity contribution in [1.82, 2.24) is 25.2 Å². The summed E-state index contributed by atoms with van der Waals surface area (Å²) in [6.07, 6.45) is 3.06. The number of nitrogens with one attached hydrogen (secondary N) is 1. The van der Waals surface area contributed by atoms with Gasteiger partial charge in [-0.3, -0.25) is 4.90 Å². The third-order valence-electron chi connectivity index (χ3n) is 10.4. The van der Waals surface area contributed by atoms with E-state index in [1.807, 2.05) is 0 Å². The lowest BCUT2D eigenvalue weighted by Crippen LogP contribution is -2.60. The predicted octanol–water partition coefficient (Wildman–Crippen LogP) is 4.62. The number of ether oxygens (including phenoxy) is 2. The SMILES string of the molecule is Oc1cc(-c2nc3c4c(nc(OC[C@@]56CCCN5C[C@@H](F)C6)nc4c2F)N2C[C@@H]4CC[C@@H](N4)[C@@H]2CO3)c2c(F)c(F)ccc2c1. The number of aromatic nitrogens is 3. The van der Waals surface area contributed by atoms with Gasteiger partial charge in [0.2, 0.25) is 5.88 Å². The molecule has 0 saturated carbocycles. The Morgan fingerprint density at radius 1 is 1.07 bits per heavy atom. The maximum atomic E-state index is 16.8. The number of hydrogen-bond acceptors (Lipinski definition) is 9. The Kier molecular flexibility index (Phi) is 5.93. The molecule has 13 heteroatoms. The van der Waals surface area contributed by atoms with Crippen molar-refractivity contribution in [1.29, 1.82) is 0 Å². The van der Waals surface area contributed by atoms with E-state index < -0.39 is 29.2 Å². The third kappa shape index (κ3) is 4.09. The summed E-state index contributed by atoms with van der Waals surface area (Å²) < 4.78 is 73.5. The number of phenolic OH excluding ortho intramolecular Hbond substituents is 1. The molecule has 234 valence electrons. The summed E-state index contributed by atoms with van der Waals surface area (Å²) in [4.78, 5) is 18.1. The molecule has 2 N–H and O–H groups in total. The summed E-state index contributed by atoms with van der Waals surface area (Å²) in [5.41, 5.74) is -1.12. The van der Waals surface area contributed by atoms with Crippen LogP contribution < -0.4 is 19.7 Å². The minimum absolute atomic E-state index is 0.0538. The molecule has 0 spiro atoms. The second-order valence-electron chi connectivity index (χ2n) is 13.0. The van der Waals surface area contributed by atoms with Gasteiger partial charge in [0.25, 0.3) is 0 Å². The molecule has 4 aromatic rings. The number of halogens is 4. The molecule has 9 rings (SSSR count). The minimum atomic E-state index is -1.19. The van der Waals surface area contributed by atoms with Crippen LogP contribution in [0.2, 0.25) is 0 Å². The highest BCUT2D eigenvalue weighted by molar-refractivity contribution is 6.02. The van der Waals surface area contributed by atoms with Crippen molar-refractivity contribution in [3.8, 4) is 28.9 Å². The van der Waals surface area contributed by atoms with Crippen LogP contribution in [0.15, 0.2) is 24.3 Å². The van der Waals surface area contributed by atoms with Crippen molar-refractivity contribution in [3.05, 3.63) is 41.7 Å². The number of phenols is 1. The standard InChI is InChI=1S/C32H30F4N6O3/c33-16-10-32(6-1-7-41(32)11-16)14-45-31-39-28-24-29(40-31)42-12-17-3-5-21(37-17)22(42)13-44-30(24)38-27(26(28)36)19-9-18(43)8-15-2-4-20(34)25(35)23(15)19/h2,4,8-9,16-17,21-22,37,43H,1,3,5-7,10-14H2/t16-,17-,21+,22-,32-/m0/s1. The average molecular weight is 623 g/mol. The molecular weight excluding hydrogens is 592 g/mol. The molecule has 2 aromatic heterocycles. The Bertz CT molecular complexity index is 1900. The molecule has 0 amide bonds. The van der Waals surface area contributed by atoms with E-state index >= 15 is 8.78 Å². The van der Waals surface area contributed by atoms with Crippen molar-refractivity contribution in [3.63, 3.8) is 0 Å². The van der Waals surface area contributed by atoms with Crippen LogP contribution in [-0.4, -0.2) is 87.6 Å². The number of pyridine rings is 1. The highest BCUT2D eigenvalue weighted by Gasteiger charge is 2.50. The molecule has 7 heterocycles. The quantitative estimate of drug-likeness (QED) is 0.316. The van der Waals surface area contributed by atoms with Crippen molar-refractivity contribution < 1.29 is 32.1 Å². The van der Waals surface area contributed by atoms with Crippen molar-refractivity contribution >= 4 is 27.5 Å². The minimum Gasteiger partial charge on any atom is -0.508 e. The zero-order chi connectivity index (χ0) is 30.6. The van der Waals surface area contributed by atoms with Crippen LogP contribution in [0.5, 0.6) is 17.6 Å². The number of hydrogen-bond donors (Lipinski definition) is 2. The van der Waals surface area contributed by atoms with E-state index in [9.17, 15) is 13.9 Å². The van der Waals surface area contributed by atoms with Gasteiger partial charge in [-0.05, 0) is 55.8 Å². The summed E-state index contributed by atoms with van der Waals surface area (Å²) in [7, 11) is 0. The first-order valence-electron chi connectivity index (χ1n) is 15.5. The summed E-state index contributed by atoms with van der Waals surface area (Å²) in [5.74, 6) is -3.01. The number of benzene rings is 2. The van der Waals surface area contributed by atoms with Gasteiger partial charge in [0.15, 0.2) is 17.5 Å². The zero-order valence-corrected chi connectivity index (χ0v) is 24.2. The highest BCUT2D eigenvalue weighted by Crippen LogP contribution is 2.45. The lowest BCUT2D eigenvalue weighted by Gasteiger charge is -2.40. The molecule has 4 fully saturated rings. The molecule has 2 aromatic carbocycles. The van der Waals surface area contributed by atoms with Gasteiger partial charge >= 0.3 is 6.01 Å². The van der Waals surface area contributed by atoms with Crippen molar-refractivity contribution in [2.75, 3.05) is 37.7 Å². The van der Waals surface area contributed by atoms with E-state index in [1.165, 1.54) is 12.1 Å². The Balaban J connectivity index is 1.24. The van der Waals surface area contributed by atoms with Crippen molar-refractivity contribution in [2.24, 2.45) is 0 Å². The van der Waals surface area contributed by atoms with Gasteiger partial charge in [-0.25, -0.2) is 22.5 Å². The van der Waals surface area contributed by atoms with E-state index in [1.54, 1.807) is 0 Å². The van der Waals surface area contributed by atoms with Crippen LogP contribution in [0, 0.1) is 17.5 Å². The van der Waals surface area contributed by atoms with Crippen LogP contribution in [0.3, 0.4) is 0 Å². The predicted molar refractivity (Wildman–Crippen MR) is 157 cm³/mol. The molecular formula is C32H30F4N6O3. The van der Waals surface area contributed by atoms with Crippen LogP contribution in [-0.2, 0) is 0 Å². The Morgan fingerprint density at radius 3 is 2.84 bits per heavy atom. The zero-order valence-electron chi connectivity index (χ0n) is 24.2. The van der Waals surface area contributed by atoms with E-state index in [0.29, 0.717) is 25.3 Å². The topological polar surface area (TPSA) is 95.9 Å². The van der Waals surface area contributed by atoms with E-state index in [2.05, 4.69) is 25.1 Å². The number of fused-ring (bicyclic) bond motifs is 7. The molecule has 0 aliphatic carbocycles. The van der Waals surface area contributed by atoms with E-state index in [0.717, 1.165) is 44.4 Å². The van der Waals surface area contributed by atoms with Crippen LogP contribution in [0.4, 0.5) is 23.4 Å². The molecule has 5 aliphatic heterocycles. The second-order valence-corrected chi connectivity index (χ2v) is 13.0. The third-order valence-corrected chi connectivity index (χ3v) is 10.4. The summed E-state index contributed by atoms with van der Waals surface area (Å²) in [6.45, 7) is 2.14. The molecule has 0 radical (unpaired) electrons. The molecule has 9 nitrogen and oxygen atoms in total. The van der Waals surface area contributed by atoms with Gasteiger partial charge in [0.05, 0.1) is 11.6 Å². The Hall–Kier alpha value is -3.97. The molecule has 5 aliphatic rings. The Morgan fingerprint density at radius 2 is 1.96 bits per heavy atom. The van der Waals surface area contributed by atoms with Gasteiger partial charge in [0.1, 0.15) is 47.5 Å². The van der Waals surface area contributed by atoms with Crippen LogP contribution >= 0.6 is 0 Å². The summed E-state index contributed by atoms with van der Waals surface area (Å²) in [5, 5.41) is 14.3. The van der Waals surface area contributed by atoms with Gasteiger partial charge in [-0.2, -0.15) is 9.97 Å². The number of nitrogens with zero attached hydrogens (tertiary/aromatic N) is 5. The fourth-order valence-corrected chi connectivity index (χ4v) is 8.38. The second kappa shape index (κ2) is 9.76. The highest BCUT2D eigenvalue weighted by atomic mass is 19.2. The van der Waals surface area contributed by atoms with Gasteiger partial charge < -0.3 is 24.8 Å². The summed E-state index contributed by atoms with van der Waals surface area (Å²) >= 11 is 0.